The average Bonchev–Trinajstić information content (AvgIpc) is 3.26. The highest BCUT2D eigenvalue weighted by atomic mass is 16.6. The Morgan fingerprint density at radius 2 is 1.92 bits per heavy atom. The first-order valence-electron chi connectivity index (χ1n) is 10.1. The first-order chi connectivity index (χ1) is 11.6. The fraction of sp³-hybridized carbons (Fsp3) is 0.952. The summed E-state index contributed by atoms with van der Waals surface area (Å²) in [6.45, 7) is 8.86. The molecule has 3 aliphatic carbocycles. The van der Waals surface area contributed by atoms with Gasteiger partial charge in [-0.1, -0.05) is 27.2 Å². The monoisotopic (exact) mass is 350 g/mol. The van der Waals surface area contributed by atoms with Crippen LogP contribution in [-0.4, -0.2) is 35.5 Å². The summed E-state index contributed by atoms with van der Waals surface area (Å²) in [5.41, 5.74) is -1.17. The van der Waals surface area contributed by atoms with Gasteiger partial charge < -0.3 is 14.6 Å². The van der Waals surface area contributed by atoms with Gasteiger partial charge in [0.2, 0.25) is 0 Å². The molecule has 4 aliphatic rings. The lowest BCUT2D eigenvalue weighted by atomic mass is 9.42. The Morgan fingerprint density at radius 3 is 2.56 bits per heavy atom. The summed E-state index contributed by atoms with van der Waals surface area (Å²) in [7, 11) is 1.51. The first-order valence-corrected chi connectivity index (χ1v) is 10.1. The molecule has 3 saturated carbocycles. The van der Waals surface area contributed by atoms with E-state index >= 15 is 0 Å². The van der Waals surface area contributed by atoms with Crippen LogP contribution in [0.15, 0.2) is 0 Å². The Balaban J connectivity index is 1.68. The van der Waals surface area contributed by atoms with E-state index in [0.717, 1.165) is 44.9 Å². The van der Waals surface area contributed by atoms with Gasteiger partial charge in [0.1, 0.15) is 0 Å². The fourth-order valence-electron chi connectivity index (χ4n) is 7.38. The van der Waals surface area contributed by atoms with Crippen LogP contribution >= 0.6 is 0 Å². The number of rotatable bonds is 2. The lowest BCUT2D eigenvalue weighted by Gasteiger charge is -2.62. The fourth-order valence-corrected chi connectivity index (χ4v) is 7.38. The van der Waals surface area contributed by atoms with Crippen molar-refractivity contribution in [3.8, 4) is 0 Å². The molecule has 1 saturated heterocycles. The van der Waals surface area contributed by atoms with Gasteiger partial charge in [0.15, 0.2) is 0 Å². The van der Waals surface area contributed by atoms with Gasteiger partial charge >= 0.3 is 5.97 Å². The van der Waals surface area contributed by atoms with Gasteiger partial charge in [0.25, 0.3) is 0 Å². The Bertz CT molecular complexity index is 588. The molecule has 0 aromatic heterocycles. The minimum absolute atomic E-state index is 0.0106. The van der Waals surface area contributed by atoms with Crippen LogP contribution in [0.2, 0.25) is 0 Å². The molecule has 142 valence electrons. The van der Waals surface area contributed by atoms with Crippen LogP contribution in [0.1, 0.15) is 72.6 Å². The van der Waals surface area contributed by atoms with Gasteiger partial charge in [0.05, 0.1) is 29.8 Å². The number of carbonyl (C=O) groups is 1. The third-order valence-electron chi connectivity index (χ3n) is 8.80. The van der Waals surface area contributed by atoms with E-state index < -0.39 is 11.0 Å². The maximum atomic E-state index is 12.6. The van der Waals surface area contributed by atoms with Crippen molar-refractivity contribution in [2.24, 2.45) is 28.6 Å². The van der Waals surface area contributed by atoms with Gasteiger partial charge in [-0.3, -0.25) is 4.79 Å². The number of ether oxygens (including phenoxy) is 2. The molecule has 1 heterocycles. The van der Waals surface area contributed by atoms with E-state index in [-0.39, 0.29) is 28.8 Å². The highest BCUT2D eigenvalue weighted by Gasteiger charge is 2.72. The molecule has 1 N–H and O–H groups in total. The van der Waals surface area contributed by atoms with E-state index in [1.807, 2.05) is 0 Å². The van der Waals surface area contributed by atoms with Crippen LogP contribution in [0, 0.1) is 28.6 Å². The molecule has 7 atom stereocenters. The van der Waals surface area contributed by atoms with Gasteiger partial charge in [0, 0.05) is 6.42 Å². The van der Waals surface area contributed by atoms with Crippen LogP contribution in [0.3, 0.4) is 0 Å². The Hall–Kier alpha value is -0.610. The van der Waals surface area contributed by atoms with Crippen LogP contribution < -0.4 is 0 Å². The van der Waals surface area contributed by atoms with E-state index in [1.54, 1.807) is 0 Å². The van der Waals surface area contributed by atoms with Crippen LogP contribution in [0.4, 0.5) is 0 Å². The molecule has 0 bridgehead atoms. The predicted molar refractivity (Wildman–Crippen MR) is 94.9 cm³/mol. The Morgan fingerprint density at radius 1 is 1.20 bits per heavy atom. The Labute approximate surface area is 151 Å². The molecular formula is C21H34O4. The third-order valence-corrected chi connectivity index (χ3v) is 8.80. The van der Waals surface area contributed by atoms with Crippen LogP contribution in [-0.2, 0) is 14.3 Å². The standard InChI is InChI=1S/C21H34O4/c1-13(2)21-12-20(23)10-7-14-18(3,15(20)11-16(21)25-21)8-6-9-19(14,4)17(22)24-5/h13-16,23H,6-12H2,1-5H3/t14-,15+,16+,18+,19-,20+,21+/m1/s1. The lowest BCUT2D eigenvalue weighted by molar-refractivity contribution is -0.205. The maximum absolute atomic E-state index is 12.6. The number of hydrogen-bond donors (Lipinski definition) is 1. The van der Waals surface area contributed by atoms with Crippen LogP contribution in [0.25, 0.3) is 0 Å². The summed E-state index contributed by atoms with van der Waals surface area (Å²) in [6.07, 6.45) is 6.73. The van der Waals surface area contributed by atoms with Crippen molar-refractivity contribution in [3.63, 3.8) is 0 Å². The summed E-state index contributed by atoms with van der Waals surface area (Å²) >= 11 is 0. The zero-order valence-electron chi connectivity index (χ0n) is 16.4. The maximum Gasteiger partial charge on any atom is 0.311 e. The molecule has 4 fully saturated rings. The largest absolute Gasteiger partial charge is 0.469 e. The zero-order chi connectivity index (χ0) is 18.3. The minimum atomic E-state index is -0.642. The predicted octanol–water partition coefficient (Wildman–Crippen LogP) is 3.70. The zero-order valence-corrected chi connectivity index (χ0v) is 16.4. The normalized spacial score (nSPS) is 54.3. The van der Waals surface area contributed by atoms with Crippen molar-refractivity contribution >= 4 is 5.97 Å². The van der Waals surface area contributed by atoms with E-state index in [2.05, 4.69) is 27.7 Å². The number of carbonyl (C=O) groups excluding carboxylic acids is 1. The quantitative estimate of drug-likeness (QED) is 0.609. The van der Waals surface area contributed by atoms with Crippen molar-refractivity contribution in [2.75, 3.05) is 7.11 Å². The van der Waals surface area contributed by atoms with Crippen molar-refractivity contribution in [1.29, 1.82) is 0 Å². The number of epoxide rings is 1. The summed E-state index contributed by atoms with van der Waals surface area (Å²) < 4.78 is 11.4. The molecule has 1 aliphatic heterocycles. The second-order valence-electron chi connectivity index (χ2n) is 10.1. The summed E-state index contributed by atoms with van der Waals surface area (Å²) in [5.74, 6) is 0.891. The van der Waals surface area contributed by atoms with E-state index in [0.29, 0.717) is 12.0 Å². The van der Waals surface area contributed by atoms with Crippen molar-refractivity contribution in [2.45, 2.75) is 89.9 Å². The molecule has 4 rings (SSSR count). The highest BCUT2D eigenvalue weighted by Crippen LogP contribution is 2.69. The molecular weight excluding hydrogens is 316 g/mol. The Kier molecular flexibility index (Phi) is 3.71. The second-order valence-corrected chi connectivity index (χ2v) is 10.1. The first kappa shape index (κ1) is 17.8. The number of esters is 1. The molecule has 25 heavy (non-hydrogen) atoms. The second kappa shape index (κ2) is 5.22. The smallest absolute Gasteiger partial charge is 0.311 e. The molecule has 4 heteroatoms. The van der Waals surface area contributed by atoms with E-state index in [9.17, 15) is 9.90 Å². The molecule has 4 nitrogen and oxygen atoms in total. The van der Waals surface area contributed by atoms with Crippen molar-refractivity contribution < 1.29 is 19.4 Å². The van der Waals surface area contributed by atoms with E-state index in [4.69, 9.17) is 9.47 Å². The molecule has 0 aromatic rings. The van der Waals surface area contributed by atoms with Crippen molar-refractivity contribution in [3.05, 3.63) is 0 Å². The van der Waals surface area contributed by atoms with Gasteiger partial charge in [-0.15, -0.1) is 0 Å². The molecule has 0 unspecified atom stereocenters. The van der Waals surface area contributed by atoms with Crippen molar-refractivity contribution in [1.82, 2.24) is 0 Å². The average molecular weight is 350 g/mol. The van der Waals surface area contributed by atoms with E-state index in [1.165, 1.54) is 7.11 Å². The third kappa shape index (κ3) is 2.16. The number of methoxy groups -OCH3 is 1. The number of hydrogen-bond acceptors (Lipinski definition) is 4. The molecule has 0 radical (unpaired) electrons. The summed E-state index contributed by atoms with van der Waals surface area (Å²) in [5, 5.41) is 11.7. The lowest BCUT2D eigenvalue weighted by Crippen LogP contribution is -2.63. The number of fused-ring (bicyclic) bond motifs is 4. The van der Waals surface area contributed by atoms with Gasteiger partial charge in [-0.25, -0.2) is 0 Å². The van der Waals surface area contributed by atoms with Gasteiger partial charge in [-0.05, 0) is 62.2 Å². The van der Waals surface area contributed by atoms with Gasteiger partial charge in [-0.2, -0.15) is 0 Å². The van der Waals surface area contributed by atoms with Crippen LogP contribution in [0.5, 0.6) is 0 Å². The molecule has 0 spiro atoms. The SMILES string of the molecule is COC(=O)[C@]1(C)CCC[C@]2(C)[C@@H]3C[C@@H]4O[C@]4(C(C)C)C[C@@]3(O)CC[C@H]21. The summed E-state index contributed by atoms with van der Waals surface area (Å²) in [4.78, 5) is 12.6. The topological polar surface area (TPSA) is 59.1 Å². The molecule has 0 amide bonds. The summed E-state index contributed by atoms with van der Waals surface area (Å²) in [6, 6.07) is 0. The minimum Gasteiger partial charge on any atom is -0.469 e. The highest BCUT2D eigenvalue weighted by molar-refractivity contribution is 5.77. The molecule has 0 aromatic carbocycles. The number of aliphatic hydroxyl groups is 1.